The highest BCUT2D eigenvalue weighted by atomic mass is 127. The second-order valence-corrected chi connectivity index (χ2v) is 11.0. The third kappa shape index (κ3) is 5.93. The Morgan fingerprint density at radius 1 is 1.19 bits per heavy atom. The molecular formula is C26H31IN8O2. The van der Waals surface area contributed by atoms with E-state index in [1.807, 2.05) is 37.3 Å². The molecule has 5 rings (SSSR count). The minimum Gasteiger partial charge on any atom is -0.377 e. The van der Waals surface area contributed by atoms with Crippen molar-refractivity contribution >= 4 is 46.1 Å². The summed E-state index contributed by atoms with van der Waals surface area (Å²) in [5.41, 5.74) is 3.80. The van der Waals surface area contributed by atoms with Crippen molar-refractivity contribution in [2.24, 2.45) is 0 Å². The third-order valence-electron chi connectivity index (χ3n) is 6.58. The molecule has 2 aliphatic heterocycles. The standard InChI is InChI=1S/C26H31IN8O2/c1-3-20-16-37-14-13-35(20)24-21-9-12-34(25-28-10-4-11-29-25)15-22(21)32-23(33-24)18-5-7-19(8-6-18)31-26(36)30-17(2)27/h4-8,10-11,17,20H,3,9,12-16H2,1-2H3,(H2,30,31,36). The molecule has 2 atom stereocenters. The molecule has 37 heavy (non-hydrogen) atoms. The molecule has 2 unspecified atom stereocenters. The number of amides is 2. The third-order valence-corrected chi connectivity index (χ3v) is 6.89. The molecule has 1 aromatic carbocycles. The Hall–Kier alpha value is -3.06. The van der Waals surface area contributed by atoms with E-state index in [-0.39, 0.29) is 16.1 Å². The predicted molar refractivity (Wildman–Crippen MR) is 152 cm³/mol. The minimum atomic E-state index is -0.233. The fraction of sp³-hybridized carbons (Fsp3) is 0.423. The Kier molecular flexibility index (Phi) is 7.99. The summed E-state index contributed by atoms with van der Waals surface area (Å²) in [4.78, 5) is 35.7. The van der Waals surface area contributed by atoms with Crippen LogP contribution in [0.2, 0.25) is 0 Å². The maximum absolute atomic E-state index is 12.1. The first-order valence-electron chi connectivity index (χ1n) is 12.6. The Morgan fingerprint density at radius 3 is 2.70 bits per heavy atom. The maximum atomic E-state index is 12.1. The quantitative estimate of drug-likeness (QED) is 0.244. The van der Waals surface area contributed by atoms with Crippen molar-refractivity contribution < 1.29 is 9.53 Å². The van der Waals surface area contributed by atoms with Gasteiger partial charge >= 0.3 is 6.03 Å². The van der Waals surface area contributed by atoms with Crippen molar-refractivity contribution in [3.8, 4) is 11.4 Å². The monoisotopic (exact) mass is 614 g/mol. The number of benzene rings is 1. The van der Waals surface area contributed by atoms with Crippen LogP contribution < -0.4 is 20.4 Å². The van der Waals surface area contributed by atoms with E-state index < -0.39 is 0 Å². The van der Waals surface area contributed by atoms with Crippen molar-refractivity contribution in [2.75, 3.05) is 41.4 Å². The second-order valence-electron chi connectivity index (χ2n) is 9.14. The average Bonchev–Trinajstić information content (AvgIpc) is 2.92. The fourth-order valence-electron chi connectivity index (χ4n) is 4.72. The number of ether oxygens (including phenoxy) is 1. The van der Waals surface area contributed by atoms with E-state index in [9.17, 15) is 4.79 Å². The largest absolute Gasteiger partial charge is 0.377 e. The van der Waals surface area contributed by atoms with Gasteiger partial charge in [0.1, 0.15) is 5.82 Å². The molecule has 1 saturated heterocycles. The molecule has 2 aliphatic rings. The van der Waals surface area contributed by atoms with Gasteiger partial charge in [-0.2, -0.15) is 0 Å². The number of carbonyl (C=O) groups excluding carboxylic acids is 1. The van der Waals surface area contributed by atoms with Gasteiger partial charge in [0.25, 0.3) is 0 Å². The van der Waals surface area contributed by atoms with Gasteiger partial charge in [-0.3, -0.25) is 0 Å². The summed E-state index contributed by atoms with van der Waals surface area (Å²) in [7, 11) is 0. The number of rotatable bonds is 6. The van der Waals surface area contributed by atoms with E-state index in [4.69, 9.17) is 14.7 Å². The average molecular weight is 614 g/mol. The lowest BCUT2D eigenvalue weighted by molar-refractivity contribution is 0.0924. The topological polar surface area (TPSA) is 108 Å². The summed E-state index contributed by atoms with van der Waals surface area (Å²) in [6, 6.07) is 9.53. The van der Waals surface area contributed by atoms with Crippen LogP contribution in [0.3, 0.4) is 0 Å². The van der Waals surface area contributed by atoms with Crippen molar-refractivity contribution in [1.29, 1.82) is 0 Å². The number of nitrogens with zero attached hydrogens (tertiary/aromatic N) is 6. The van der Waals surface area contributed by atoms with Crippen LogP contribution in [0.5, 0.6) is 0 Å². The lowest BCUT2D eigenvalue weighted by Gasteiger charge is -2.39. The summed E-state index contributed by atoms with van der Waals surface area (Å²) in [6.07, 6.45) is 5.34. The van der Waals surface area contributed by atoms with E-state index in [0.29, 0.717) is 37.2 Å². The van der Waals surface area contributed by atoms with Crippen LogP contribution in [0.15, 0.2) is 42.7 Å². The Bertz CT molecular complexity index is 1230. The molecule has 3 aromatic rings. The smallest absolute Gasteiger partial charge is 0.320 e. The second kappa shape index (κ2) is 11.5. The van der Waals surface area contributed by atoms with E-state index in [1.54, 1.807) is 12.4 Å². The van der Waals surface area contributed by atoms with Gasteiger partial charge in [0.2, 0.25) is 5.95 Å². The van der Waals surface area contributed by atoms with Crippen LogP contribution in [0, 0.1) is 0 Å². The van der Waals surface area contributed by atoms with Gasteiger partial charge in [-0.1, -0.05) is 29.5 Å². The molecule has 0 aliphatic carbocycles. The SMILES string of the molecule is CCC1COCCN1c1nc(-c2ccc(NC(=O)NC(C)I)cc2)nc2c1CCN(c1ncccn1)C2. The maximum Gasteiger partial charge on any atom is 0.320 e. The molecule has 2 N–H and O–H groups in total. The number of hydrogen-bond donors (Lipinski definition) is 2. The molecule has 2 aromatic heterocycles. The molecule has 2 amide bonds. The molecule has 0 saturated carbocycles. The van der Waals surface area contributed by atoms with Gasteiger partial charge in [-0.25, -0.2) is 24.7 Å². The Morgan fingerprint density at radius 2 is 1.97 bits per heavy atom. The van der Waals surface area contributed by atoms with Crippen molar-refractivity contribution in [3.63, 3.8) is 0 Å². The van der Waals surface area contributed by atoms with Gasteiger partial charge in [-0.05, 0) is 50.1 Å². The van der Waals surface area contributed by atoms with Gasteiger partial charge in [0.15, 0.2) is 5.82 Å². The predicted octanol–water partition coefficient (Wildman–Crippen LogP) is 4.01. The Balaban J connectivity index is 1.49. The fourth-order valence-corrected chi connectivity index (χ4v) is 5.01. The normalized spacial score (nSPS) is 18.2. The molecule has 1 fully saturated rings. The van der Waals surface area contributed by atoms with E-state index in [2.05, 4.69) is 59.9 Å². The van der Waals surface area contributed by atoms with E-state index in [0.717, 1.165) is 43.0 Å². The number of morpholine rings is 1. The molecule has 194 valence electrons. The molecule has 11 heteroatoms. The lowest BCUT2D eigenvalue weighted by Crippen LogP contribution is -2.47. The van der Waals surface area contributed by atoms with Crippen molar-refractivity contribution in [2.45, 2.75) is 43.3 Å². The van der Waals surface area contributed by atoms with Crippen LogP contribution in [-0.2, 0) is 17.7 Å². The minimum absolute atomic E-state index is 0.0344. The number of carbonyl (C=O) groups is 1. The molecule has 10 nitrogen and oxygen atoms in total. The first kappa shape index (κ1) is 25.6. The van der Waals surface area contributed by atoms with Crippen LogP contribution in [0.1, 0.15) is 31.5 Å². The van der Waals surface area contributed by atoms with Gasteiger partial charge in [0, 0.05) is 42.3 Å². The lowest BCUT2D eigenvalue weighted by atomic mass is 10.0. The first-order chi connectivity index (χ1) is 18.0. The number of urea groups is 1. The number of hydrogen-bond acceptors (Lipinski definition) is 8. The zero-order valence-electron chi connectivity index (χ0n) is 21.0. The molecule has 0 radical (unpaired) electrons. The summed E-state index contributed by atoms with van der Waals surface area (Å²) in [5.74, 6) is 2.38. The van der Waals surface area contributed by atoms with Gasteiger partial charge in [-0.15, -0.1) is 0 Å². The van der Waals surface area contributed by atoms with Crippen LogP contribution in [0.25, 0.3) is 11.4 Å². The number of aromatic nitrogens is 4. The van der Waals surface area contributed by atoms with Gasteiger partial charge in [0.05, 0.1) is 35.5 Å². The first-order valence-corrected chi connectivity index (χ1v) is 13.8. The highest BCUT2D eigenvalue weighted by molar-refractivity contribution is 14.1. The van der Waals surface area contributed by atoms with Crippen molar-refractivity contribution in [3.05, 3.63) is 54.0 Å². The molecule has 0 spiro atoms. The molecular weight excluding hydrogens is 583 g/mol. The summed E-state index contributed by atoms with van der Waals surface area (Å²) in [5, 5.41) is 5.69. The zero-order chi connectivity index (χ0) is 25.8. The van der Waals surface area contributed by atoms with E-state index >= 15 is 0 Å². The van der Waals surface area contributed by atoms with E-state index in [1.165, 1.54) is 5.56 Å². The van der Waals surface area contributed by atoms with Crippen LogP contribution >= 0.6 is 22.6 Å². The van der Waals surface area contributed by atoms with Crippen LogP contribution in [0.4, 0.5) is 22.2 Å². The number of anilines is 3. The van der Waals surface area contributed by atoms with Gasteiger partial charge < -0.3 is 25.2 Å². The van der Waals surface area contributed by atoms with Crippen LogP contribution in [-0.4, -0.2) is 62.4 Å². The summed E-state index contributed by atoms with van der Waals surface area (Å²) < 4.78 is 5.81. The number of halogens is 1. The Labute approximate surface area is 230 Å². The molecule has 0 bridgehead atoms. The van der Waals surface area contributed by atoms with Crippen molar-refractivity contribution in [1.82, 2.24) is 25.3 Å². The summed E-state index contributed by atoms with van der Waals surface area (Å²) in [6.45, 7) is 7.73. The highest BCUT2D eigenvalue weighted by Crippen LogP contribution is 2.33. The highest BCUT2D eigenvalue weighted by Gasteiger charge is 2.30. The number of nitrogens with one attached hydrogen (secondary N) is 2. The number of alkyl halides is 1. The molecule has 4 heterocycles. The zero-order valence-corrected chi connectivity index (χ0v) is 23.2. The number of fused-ring (bicyclic) bond motifs is 1. The summed E-state index contributed by atoms with van der Waals surface area (Å²) >= 11 is 2.15.